The van der Waals surface area contributed by atoms with Gasteiger partial charge in [0.1, 0.15) is 17.1 Å². The van der Waals surface area contributed by atoms with Gasteiger partial charge in [0.15, 0.2) is 0 Å². The van der Waals surface area contributed by atoms with Crippen LogP contribution < -0.4 is 11.2 Å². The number of hydrogen-bond acceptors (Lipinski definition) is 5. The molecule has 29 heavy (non-hydrogen) atoms. The number of nitrogens with two attached hydrogens (primary N) is 1. The molecule has 0 bridgehead atoms. The Labute approximate surface area is 173 Å². The number of rotatable bonds is 8. The van der Waals surface area contributed by atoms with Gasteiger partial charge in [0.05, 0.1) is 5.03 Å². The summed E-state index contributed by atoms with van der Waals surface area (Å²) >= 11 is 1.16. The zero-order valence-corrected chi connectivity index (χ0v) is 16.9. The average molecular weight is 415 g/mol. The van der Waals surface area contributed by atoms with Crippen molar-refractivity contribution in [1.82, 2.24) is 4.90 Å². The van der Waals surface area contributed by atoms with E-state index >= 15 is 0 Å². The third-order valence-electron chi connectivity index (χ3n) is 4.00. The lowest BCUT2D eigenvalue weighted by Crippen LogP contribution is -2.34. The van der Waals surface area contributed by atoms with Gasteiger partial charge in [-0.15, -0.1) is 0 Å². The summed E-state index contributed by atoms with van der Waals surface area (Å²) in [6.07, 6.45) is 2.42. The van der Waals surface area contributed by atoms with E-state index in [9.17, 15) is 14.0 Å². The van der Waals surface area contributed by atoms with Gasteiger partial charge in [-0.2, -0.15) is 5.10 Å². The van der Waals surface area contributed by atoms with E-state index in [1.165, 1.54) is 29.2 Å². The quantitative estimate of drug-likeness (QED) is 0.214. The Balaban J connectivity index is 2.14. The number of hydrazone groups is 1. The van der Waals surface area contributed by atoms with Crippen molar-refractivity contribution < 1.29 is 14.0 Å². The van der Waals surface area contributed by atoms with Gasteiger partial charge in [0.2, 0.25) is 0 Å². The molecule has 0 heterocycles. The monoisotopic (exact) mass is 414 g/mol. The molecule has 0 atom stereocenters. The normalized spacial score (nSPS) is 11.0. The molecule has 0 aliphatic rings. The molecule has 2 aromatic carbocycles. The summed E-state index contributed by atoms with van der Waals surface area (Å²) in [5, 5.41) is 7.45. The molecule has 0 radical (unpaired) electrons. The molecular weight excluding hydrogens is 391 g/mol. The molecule has 2 aromatic rings. The van der Waals surface area contributed by atoms with Crippen LogP contribution in [0.1, 0.15) is 35.7 Å². The maximum atomic E-state index is 13.1. The Bertz CT molecular complexity index is 883. The minimum absolute atomic E-state index is 0.379. The van der Waals surface area contributed by atoms with Crippen molar-refractivity contribution in [3.63, 3.8) is 0 Å². The van der Waals surface area contributed by atoms with E-state index in [1.54, 1.807) is 24.3 Å². The highest BCUT2D eigenvalue weighted by Crippen LogP contribution is 2.25. The van der Waals surface area contributed by atoms with Crippen molar-refractivity contribution >= 4 is 34.8 Å². The maximum absolute atomic E-state index is 13.1. The molecule has 0 fully saturated rings. The standard InChI is InChI=1S/C21H23FN4O2S/c1-3-4-13-26(21(28)24-19-11-9-18(22)10-12-19)15(2)29-20(25-23)17-7-5-16(14-27)6-8-17/h5-12,14H,2-4,13,23H2,1H3,(H,24,28)/b25-20-. The second-order valence-corrected chi connectivity index (χ2v) is 7.17. The summed E-state index contributed by atoms with van der Waals surface area (Å²) < 4.78 is 13.1. The van der Waals surface area contributed by atoms with E-state index in [2.05, 4.69) is 17.0 Å². The highest BCUT2D eigenvalue weighted by Gasteiger charge is 2.19. The van der Waals surface area contributed by atoms with Gasteiger partial charge in [-0.1, -0.05) is 56.0 Å². The summed E-state index contributed by atoms with van der Waals surface area (Å²) in [6.45, 7) is 6.48. The molecule has 8 heteroatoms. The number of unbranched alkanes of at least 4 members (excludes halogenated alkanes) is 1. The van der Waals surface area contributed by atoms with E-state index in [0.717, 1.165) is 30.9 Å². The topological polar surface area (TPSA) is 87.8 Å². The smallest absolute Gasteiger partial charge is 0.322 e. The molecule has 0 unspecified atom stereocenters. The van der Waals surface area contributed by atoms with E-state index < -0.39 is 0 Å². The highest BCUT2D eigenvalue weighted by atomic mass is 32.2. The van der Waals surface area contributed by atoms with Gasteiger partial charge in [-0.05, 0) is 30.7 Å². The number of aldehydes is 1. The number of hydrogen-bond donors (Lipinski definition) is 2. The molecular formula is C21H23FN4O2S. The van der Waals surface area contributed by atoms with Crippen molar-refractivity contribution in [2.45, 2.75) is 19.8 Å². The molecule has 0 aromatic heterocycles. The van der Waals surface area contributed by atoms with Gasteiger partial charge in [-0.25, -0.2) is 9.18 Å². The zero-order valence-electron chi connectivity index (χ0n) is 16.1. The Morgan fingerprint density at radius 1 is 1.24 bits per heavy atom. The number of amides is 2. The first-order chi connectivity index (χ1) is 14.0. The van der Waals surface area contributed by atoms with Gasteiger partial charge in [0.25, 0.3) is 0 Å². The first-order valence-corrected chi connectivity index (χ1v) is 9.84. The van der Waals surface area contributed by atoms with Gasteiger partial charge < -0.3 is 11.2 Å². The Morgan fingerprint density at radius 2 is 1.90 bits per heavy atom. The maximum Gasteiger partial charge on any atom is 0.326 e. The number of urea groups is 1. The van der Waals surface area contributed by atoms with Crippen LogP contribution in [0.25, 0.3) is 0 Å². The summed E-state index contributed by atoms with van der Waals surface area (Å²) in [5.41, 5.74) is 1.73. The first kappa shape index (κ1) is 22.2. The minimum Gasteiger partial charge on any atom is -0.322 e. The van der Waals surface area contributed by atoms with Crippen LogP contribution in [0.2, 0.25) is 0 Å². The number of carbonyl (C=O) groups excluding carboxylic acids is 2. The van der Waals surface area contributed by atoms with Gasteiger partial charge in [0, 0.05) is 23.4 Å². The summed E-state index contributed by atoms with van der Waals surface area (Å²) in [7, 11) is 0. The van der Waals surface area contributed by atoms with E-state index in [0.29, 0.717) is 33.4 Å². The highest BCUT2D eigenvalue weighted by molar-refractivity contribution is 8.17. The molecule has 0 saturated carbocycles. The molecule has 0 aliphatic carbocycles. The van der Waals surface area contributed by atoms with E-state index in [4.69, 9.17) is 5.84 Å². The predicted octanol–water partition coefficient (Wildman–Crippen LogP) is 4.80. The Hall–Kier alpha value is -3.13. The predicted molar refractivity (Wildman–Crippen MR) is 116 cm³/mol. The van der Waals surface area contributed by atoms with Crippen molar-refractivity contribution in [3.8, 4) is 0 Å². The first-order valence-electron chi connectivity index (χ1n) is 9.02. The van der Waals surface area contributed by atoms with Crippen LogP contribution in [0.15, 0.2) is 65.2 Å². The van der Waals surface area contributed by atoms with E-state index in [-0.39, 0.29) is 11.8 Å². The summed E-state index contributed by atoms with van der Waals surface area (Å²) in [4.78, 5) is 25.1. The number of anilines is 1. The van der Waals surface area contributed by atoms with Crippen LogP contribution in [0.3, 0.4) is 0 Å². The molecule has 3 N–H and O–H groups in total. The number of halogens is 1. The molecule has 0 spiro atoms. The third-order valence-corrected chi connectivity index (χ3v) is 4.99. The number of benzene rings is 2. The van der Waals surface area contributed by atoms with Crippen LogP contribution in [-0.4, -0.2) is 28.8 Å². The molecule has 6 nitrogen and oxygen atoms in total. The summed E-state index contributed by atoms with van der Waals surface area (Å²) in [5.74, 6) is 5.16. The fourth-order valence-electron chi connectivity index (χ4n) is 2.41. The van der Waals surface area contributed by atoms with Gasteiger partial charge in [-0.3, -0.25) is 9.69 Å². The molecule has 2 amide bonds. The fraction of sp³-hybridized carbons (Fsp3) is 0.190. The SMILES string of the molecule is C=C(S/C(=N\N)c1ccc(C=O)cc1)N(CCCC)C(=O)Nc1ccc(F)cc1. The molecule has 152 valence electrons. The fourth-order valence-corrected chi connectivity index (χ4v) is 3.22. The van der Waals surface area contributed by atoms with Crippen LogP contribution in [0.5, 0.6) is 0 Å². The van der Waals surface area contributed by atoms with Crippen molar-refractivity contribution in [2.75, 3.05) is 11.9 Å². The van der Waals surface area contributed by atoms with Crippen LogP contribution in [0.4, 0.5) is 14.9 Å². The number of nitrogens with one attached hydrogen (secondary N) is 1. The minimum atomic E-state index is -0.379. The zero-order chi connectivity index (χ0) is 21.2. The lowest BCUT2D eigenvalue weighted by molar-refractivity contribution is 0.112. The second-order valence-electron chi connectivity index (χ2n) is 6.11. The number of nitrogens with zero attached hydrogens (tertiary/aromatic N) is 2. The van der Waals surface area contributed by atoms with Gasteiger partial charge >= 0.3 is 6.03 Å². The third kappa shape index (κ3) is 6.46. The van der Waals surface area contributed by atoms with Crippen LogP contribution in [0, 0.1) is 5.82 Å². The number of carbonyl (C=O) groups is 2. The molecule has 2 rings (SSSR count). The molecule has 0 aliphatic heterocycles. The molecule has 0 saturated heterocycles. The van der Waals surface area contributed by atoms with E-state index in [1.807, 2.05) is 6.92 Å². The van der Waals surface area contributed by atoms with Crippen molar-refractivity contribution in [3.05, 3.63) is 77.1 Å². The van der Waals surface area contributed by atoms with Crippen LogP contribution in [-0.2, 0) is 0 Å². The van der Waals surface area contributed by atoms with Crippen LogP contribution >= 0.6 is 11.8 Å². The van der Waals surface area contributed by atoms with Crippen molar-refractivity contribution in [1.29, 1.82) is 0 Å². The lowest BCUT2D eigenvalue weighted by Gasteiger charge is -2.24. The van der Waals surface area contributed by atoms with Crippen molar-refractivity contribution in [2.24, 2.45) is 10.9 Å². The Kier molecular flexibility index (Phi) is 8.42. The average Bonchev–Trinajstić information content (AvgIpc) is 2.74. The lowest BCUT2D eigenvalue weighted by atomic mass is 10.2. The second kappa shape index (κ2) is 11.0. The largest absolute Gasteiger partial charge is 0.326 e. The summed E-state index contributed by atoms with van der Waals surface area (Å²) in [6, 6.07) is 11.9. The number of thioether (sulfide) groups is 1. The Morgan fingerprint density at radius 3 is 2.45 bits per heavy atom.